The van der Waals surface area contributed by atoms with Crippen LogP contribution in [0.1, 0.15) is 36.8 Å². The number of rotatable bonds is 6. The Bertz CT molecular complexity index is 1030. The summed E-state index contributed by atoms with van der Waals surface area (Å²) in [7, 11) is 1.71. The van der Waals surface area contributed by atoms with E-state index in [1.54, 1.807) is 19.2 Å². The maximum Gasteiger partial charge on any atom is 0.163 e. The number of nitrogens with zero attached hydrogens (tertiary/aromatic N) is 2. The van der Waals surface area contributed by atoms with E-state index in [-0.39, 0.29) is 0 Å². The predicted octanol–water partition coefficient (Wildman–Crippen LogP) is 6.04. The average Bonchev–Trinajstić information content (AvgIpc) is 3.40. The molecule has 186 valence electrons. The van der Waals surface area contributed by atoms with Gasteiger partial charge in [-0.05, 0) is 62.4 Å². The number of hydrogen-bond acceptors (Lipinski definition) is 5. The third-order valence-corrected chi connectivity index (χ3v) is 6.76. The predicted molar refractivity (Wildman–Crippen MR) is 143 cm³/mol. The number of hydrogen-bond donors (Lipinski definition) is 1. The summed E-state index contributed by atoms with van der Waals surface area (Å²) in [5.74, 6) is 2.02. The quantitative estimate of drug-likeness (QED) is 0.472. The molecule has 0 aromatic heterocycles. The Morgan fingerprint density at radius 3 is 2.11 bits per heavy atom. The van der Waals surface area contributed by atoms with E-state index < -0.39 is 0 Å². The van der Waals surface area contributed by atoms with Gasteiger partial charge in [0.25, 0.3) is 0 Å². The van der Waals surface area contributed by atoms with Crippen molar-refractivity contribution in [3.63, 3.8) is 0 Å². The van der Waals surface area contributed by atoms with E-state index in [0.717, 1.165) is 57.1 Å². The lowest BCUT2D eigenvalue weighted by molar-refractivity contribution is 0.200. The van der Waals surface area contributed by atoms with Gasteiger partial charge in [-0.1, -0.05) is 48.0 Å². The van der Waals surface area contributed by atoms with Gasteiger partial charge in [-0.25, -0.2) is 0 Å². The van der Waals surface area contributed by atoms with Gasteiger partial charge in [-0.2, -0.15) is 0 Å². The van der Waals surface area contributed by atoms with E-state index in [2.05, 4.69) is 41.0 Å². The normalized spacial score (nSPS) is 16.5. The summed E-state index contributed by atoms with van der Waals surface area (Å²) in [6.07, 6.45) is 5.13. The Labute approximate surface area is 209 Å². The number of benzene rings is 3. The SMILES string of the molecule is COc1ccc(N2CCN(Cc3ccc(O)cc3)CC2)cc1OC1CCCC1.Cc1ccccc1. The molecule has 2 fully saturated rings. The van der Waals surface area contributed by atoms with E-state index in [1.807, 2.05) is 36.4 Å². The van der Waals surface area contributed by atoms with Crippen LogP contribution in [0.5, 0.6) is 17.2 Å². The summed E-state index contributed by atoms with van der Waals surface area (Å²) in [6, 6.07) is 24.1. The van der Waals surface area contributed by atoms with Gasteiger partial charge in [0.15, 0.2) is 11.5 Å². The lowest BCUT2D eigenvalue weighted by Gasteiger charge is -2.36. The summed E-state index contributed by atoms with van der Waals surface area (Å²) in [5, 5.41) is 9.43. The molecule has 1 aliphatic carbocycles. The van der Waals surface area contributed by atoms with Crippen molar-refractivity contribution in [1.29, 1.82) is 0 Å². The molecule has 0 unspecified atom stereocenters. The van der Waals surface area contributed by atoms with Crippen LogP contribution >= 0.6 is 0 Å². The second-order valence-electron chi connectivity index (χ2n) is 9.44. The summed E-state index contributed by atoms with van der Waals surface area (Å²) in [6.45, 7) is 7.03. The molecule has 5 rings (SSSR count). The number of aromatic hydroxyl groups is 1. The average molecular weight is 475 g/mol. The molecule has 3 aromatic carbocycles. The highest BCUT2D eigenvalue weighted by atomic mass is 16.5. The molecule has 0 radical (unpaired) electrons. The topological polar surface area (TPSA) is 45.2 Å². The molecule has 5 nitrogen and oxygen atoms in total. The first-order valence-corrected chi connectivity index (χ1v) is 12.7. The number of aryl methyl sites for hydroxylation is 1. The third-order valence-electron chi connectivity index (χ3n) is 6.76. The van der Waals surface area contributed by atoms with Crippen molar-refractivity contribution in [1.82, 2.24) is 4.90 Å². The fraction of sp³-hybridized carbons (Fsp3) is 0.400. The maximum absolute atomic E-state index is 9.43. The standard InChI is InChI=1S/C23H30N2O3.C7H8/c1-27-22-11-8-19(16-23(22)28-21-4-2-3-5-21)25-14-12-24(13-15-25)17-18-6-9-20(26)10-7-18;1-7-5-3-2-4-6-7/h6-11,16,21,26H,2-5,12-15,17H2,1H3;2-6H,1H3. The number of methoxy groups -OCH3 is 1. The van der Waals surface area contributed by atoms with Gasteiger partial charge >= 0.3 is 0 Å². The molecule has 0 amide bonds. The molecule has 35 heavy (non-hydrogen) atoms. The van der Waals surface area contributed by atoms with Crippen molar-refractivity contribution >= 4 is 5.69 Å². The van der Waals surface area contributed by atoms with E-state index in [4.69, 9.17) is 9.47 Å². The number of phenols is 1. The molecule has 0 atom stereocenters. The van der Waals surface area contributed by atoms with Crippen molar-refractivity contribution in [2.75, 3.05) is 38.2 Å². The Kier molecular flexibility index (Phi) is 8.90. The fourth-order valence-corrected chi connectivity index (χ4v) is 4.70. The lowest BCUT2D eigenvalue weighted by atomic mass is 10.1. The van der Waals surface area contributed by atoms with E-state index in [1.165, 1.54) is 29.7 Å². The minimum Gasteiger partial charge on any atom is -0.508 e. The first-order valence-electron chi connectivity index (χ1n) is 12.7. The van der Waals surface area contributed by atoms with Gasteiger partial charge in [0.2, 0.25) is 0 Å². The Morgan fingerprint density at radius 1 is 0.829 bits per heavy atom. The zero-order chi connectivity index (χ0) is 24.5. The van der Waals surface area contributed by atoms with Crippen LogP contribution in [-0.4, -0.2) is 49.4 Å². The van der Waals surface area contributed by atoms with E-state index >= 15 is 0 Å². The van der Waals surface area contributed by atoms with Crippen molar-refractivity contribution in [2.45, 2.75) is 45.3 Å². The molecule has 1 saturated carbocycles. The van der Waals surface area contributed by atoms with Gasteiger partial charge in [0.1, 0.15) is 5.75 Å². The maximum atomic E-state index is 9.43. The number of piperazine rings is 1. The molecule has 3 aromatic rings. The minimum absolute atomic E-state index is 0.323. The van der Waals surface area contributed by atoms with Gasteiger partial charge in [0, 0.05) is 44.5 Å². The van der Waals surface area contributed by atoms with Crippen molar-refractivity contribution in [3.8, 4) is 17.2 Å². The van der Waals surface area contributed by atoms with Crippen LogP contribution < -0.4 is 14.4 Å². The van der Waals surface area contributed by atoms with Crippen molar-refractivity contribution in [2.24, 2.45) is 0 Å². The molecule has 5 heteroatoms. The first-order chi connectivity index (χ1) is 17.1. The largest absolute Gasteiger partial charge is 0.508 e. The van der Waals surface area contributed by atoms with Crippen LogP contribution in [0, 0.1) is 6.92 Å². The van der Waals surface area contributed by atoms with Crippen LogP contribution in [0.2, 0.25) is 0 Å². The van der Waals surface area contributed by atoms with Crippen LogP contribution in [0.15, 0.2) is 72.8 Å². The van der Waals surface area contributed by atoms with Gasteiger partial charge < -0.3 is 19.5 Å². The zero-order valence-corrected chi connectivity index (χ0v) is 21.0. The molecule has 0 bridgehead atoms. The Hall–Kier alpha value is -3.18. The highest BCUT2D eigenvalue weighted by Crippen LogP contribution is 2.35. The lowest BCUT2D eigenvalue weighted by Crippen LogP contribution is -2.45. The second kappa shape index (κ2) is 12.5. The number of phenolic OH excluding ortho intramolecular Hbond substituents is 1. The van der Waals surface area contributed by atoms with Crippen molar-refractivity contribution in [3.05, 3.63) is 83.9 Å². The highest BCUT2D eigenvalue weighted by Gasteiger charge is 2.21. The van der Waals surface area contributed by atoms with Gasteiger partial charge in [-0.15, -0.1) is 0 Å². The molecule has 1 saturated heterocycles. The molecule has 1 aliphatic heterocycles. The number of ether oxygens (including phenoxy) is 2. The van der Waals surface area contributed by atoms with Crippen LogP contribution in [0.25, 0.3) is 0 Å². The Morgan fingerprint density at radius 2 is 1.51 bits per heavy atom. The minimum atomic E-state index is 0.323. The van der Waals surface area contributed by atoms with Gasteiger partial charge in [0.05, 0.1) is 13.2 Å². The van der Waals surface area contributed by atoms with Crippen LogP contribution in [-0.2, 0) is 6.54 Å². The fourth-order valence-electron chi connectivity index (χ4n) is 4.70. The Balaban J connectivity index is 0.000000356. The third kappa shape index (κ3) is 7.40. The number of anilines is 1. The van der Waals surface area contributed by atoms with Crippen LogP contribution in [0.3, 0.4) is 0 Å². The molecule has 0 spiro atoms. The summed E-state index contributed by atoms with van der Waals surface area (Å²) in [4.78, 5) is 4.89. The van der Waals surface area contributed by atoms with E-state index in [0.29, 0.717) is 11.9 Å². The van der Waals surface area contributed by atoms with E-state index in [9.17, 15) is 5.11 Å². The van der Waals surface area contributed by atoms with Crippen LogP contribution in [0.4, 0.5) is 5.69 Å². The zero-order valence-electron chi connectivity index (χ0n) is 21.0. The molecular weight excluding hydrogens is 436 g/mol. The monoisotopic (exact) mass is 474 g/mol. The van der Waals surface area contributed by atoms with Gasteiger partial charge in [-0.3, -0.25) is 4.90 Å². The second-order valence-corrected chi connectivity index (χ2v) is 9.44. The molecule has 2 aliphatic rings. The highest BCUT2D eigenvalue weighted by molar-refractivity contribution is 5.56. The summed E-state index contributed by atoms with van der Waals surface area (Å²) in [5.41, 5.74) is 3.77. The summed E-state index contributed by atoms with van der Waals surface area (Å²) >= 11 is 0. The van der Waals surface area contributed by atoms with Crippen molar-refractivity contribution < 1.29 is 14.6 Å². The smallest absolute Gasteiger partial charge is 0.163 e. The molecule has 1 heterocycles. The molecule has 1 N–H and O–H groups in total. The first kappa shape index (κ1) is 24.9. The molecular formula is C30H38N2O3. The summed E-state index contributed by atoms with van der Waals surface area (Å²) < 4.78 is 11.8.